The van der Waals surface area contributed by atoms with E-state index >= 15 is 0 Å². The van der Waals surface area contributed by atoms with Crippen LogP contribution in [0.15, 0.2) is 24.3 Å². The lowest BCUT2D eigenvalue weighted by Gasteiger charge is -2.04. The maximum Gasteiger partial charge on any atom is 0.328 e. The van der Waals surface area contributed by atoms with Crippen LogP contribution in [0.2, 0.25) is 0 Å². The minimum Gasteiger partial charge on any atom is -0.504 e. The Hall–Kier alpha value is -1.97. The lowest BCUT2D eigenvalue weighted by Crippen LogP contribution is -1.87. The van der Waals surface area contributed by atoms with Crippen LogP contribution >= 0.6 is 0 Å². The summed E-state index contributed by atoms with van der Waals surface area (Å²) in [4.78, 5) is 10.2. The number of rotatable bonds is 3. The van der Waals surface area contributed by atoms with Crippen molar-refractivity contribution in [1.29, 1.82) is 0 Å². The van der Waals surface area contributed by atoms with Crippen LogP contribution in [0.5, 0.6) is 11.5 Å². The Morgan fingerprint density at radius 2 is 2.21 bits per heavy atom. The van der Waals surface area contributed by atoms with Crippen molar-refractivity contribution in [3.63, 3.8) is 0 Å². The molecule has 4 nitrogen and oxygen atoms in total. The molecule has 0 saturated heterocycles. The molecule has 0 spiro atoms. The van der Waals surface area contributed by atoms with E-state index in [-0.39, 0.29) is 5.75 Å². The van der Waals surface area contributed by atoms with Gasteiger partial charge in [0.25, 0.3) is 0 Å². The molecule has 0 heterocycles. The number of carboxylic acid groups (broad SMARTS) is 1. The van der Waals surface area contributed by atoms with Gasteiger partial charge in [-0.3, -0.25) is 0 Å². The minimum atomic E-state index is -1.06. The van der Waals surface area contributed by atoms with Crippen molar-refractivity contribution in [3.8, 4) is 11.5 Å². The third-order valence-corrected chi connectivity index (χ3v) is 1.66. The molecule has 0 fully saturated rings. The zero-order chi connectivity index (χ0) is 10.6. The predicted octanol–water partition coefficient (Wildman–Crippen LogP) is 1.50. The first-order chi connectivity index (χ1) is 6.65. The summed E-state index contributed by atoms with van der Waals surface area (Å²) in [5.41, 5.74) is 0.409. The topological polar surface area (TPSA) is 66.8 Å². The van der Waals surface area contributed by atoms with Crippen LogP contribution in [0.4, 0.5) is 0 Å². The summed E-state index contributed by atoms with van der Waals surface area (Å²) in [5.74, 6) is -0.808. The molecule has 0 aliphatic carbocycles. The monoisotopic (exact) mass is 194 g/mol. The Morgan fingerprint density at radius 1 is 1.50 bits per heavy atom. The van der Waals surface area contributed by atoms with Crippen molar-refractivity contribution in [2.75, 3.05) is 7.11 Å². The largest absolute Gasteiger partial charge is 0.504 e. The molecule has 0 radical (unpaired) electrons. The van der Waals surface area contributed by atoms with Crippen LogP contribution in [-0.2, 0) is 4.79 Å². The van der Waals surface area contributed by atoms with E-state index in [1.54, 1.807) is 18.2 Å². The highest BCUT2D eigenvalue weighted by Crippen LogP contribution is 2.29. The van der Waals surface area contributed by atoms with Crippen LogP contribution in [0.3, 0.4) is 0 Å². The van der Waals surface area contributed by atoms with E-state index < -0.39 is 5.97 Å². The maximum absolute atomic E-state index is 10.2. The Labute approximate surface area is 81.1 Å². The number of phenols is 1. The van der Waals surface area contributed by atoms with E-state index in [9.17, 15) is 9.90 Å². The molecule has 1 aromatic carbocycles. The van der Waals surface area contributed by atoms with Crippen molar-refractivity contribution < 1.29 is 19.7 Å². The van der Waals surface area contributed by atoms with Gasteiger partial charge in [-0.15, -0.1) is 0 Å². The Morgan fingerprint density at radius 3 is 2.79 bits per heavy atom. The van der Waals surface area contributed by atoms with E-state index in [2.05, 4.69) is 0 Å². The fraction of sp³-hybridized carbons (Fsp3) is 0.100. The van der Waals surface area contributed by atoms with Crippen molar-refractivity contribution in [3.05, 3.63) is 29.8 Å². The third-order valence-electron chi connectivity index (χ3n) is 1.66. The Bertz CT molecular complexity index is 368. The number of hydrogen-bond acceptors (Lipinski definition) is 3. The second-order valence-electron chi connectivity index (χ2n) is 2.57. The molecule has 14 heavy (non-hydrogen) atoms. The molecule has 2 N–H and O–H groups in total. The van der Waals surface area contributed by atoms with E-state index in [1.165, 1.54) is 13.2 Å². The van der Waals surface area contributed by atoms with Crippen LogP contribution in [0.1, 0.15) is 5.56 Å². The van der Waals surface area contributed by atoms with Gasteiger partial charge in [0, 0.05) is 11.6 Å². The summed E-state index contributed by atoms with van der Waals surface area (Å²) in [7, 11) is 1.43. The summed E-state index contributed by atoms with van der Waals surface area (Å²) in [5, 5.41) is 17.9. The van der Waals surface area contributed by atoms with Gasteiger partial charge in [0.2, 0.25) is 0 Å². The third kappa shape index (κ3) is 2.26. The molecule has 1 aromatic rings. The molecule has 0 atom stereocenters. The lowest BCUT2D eigenvalue weighted by molar-refractivity contribution is -0.131. The number of ether oxygens (including phenoxy) is 1. The number of benzene rings is 1. The summed E-state index contributed by atoms with van der Waals surface area (Å²) >= 11 is 0. The molecule has 0 aromatic heterocycles. The predicted molar refractivity (Wildman–Crippen MR) is 51.3 cm³/mol. The Balaban J connectivity index is 3.03. The number of aromatic hydroxyl groups is 1. The zero-order valence-electron chi connectivity index (χ0n) is 7.60. The average molecular weight is 194 g/mol. The average Bonchev–Trinajstić information content (AvgIpc) is 2.16. The SMILES string of the molecule is COc1cccc(/C=C\C(=O)O)c1O. The van der Waals surface area contributed by atoms with Crippen LogP contribution in [0.25, 0.3) is 6.08 Å². The van der Waals surface area contributed by atoms with Gasteiger partial charge in [-0.1, -0.05) is 12.1 Å². The molecular formula is C10H10O4. The van der Waals surface area contributed by atoms with E-state index in [0.717, 1.165) is 6.08 Å². The normalized spacial score (nSPS) is 10.4. The molecule has 0 unspecified atom stereocenters. The van der Waals surface area contributed by atoms with Gasteiger partial charge in [0.15, 0.2) is 11.5 Å². The minimum absolute atomic E-state index is 0.0625. The first-order valence-electron chi connectivity index (χ1n) is 3.92. The second kappa shape index (κ2) is 4.32. The number of phenolic OH excluding ortho intramolecular Hbond substituents is 1. The summed E-state index contributed by atoms with van der Waals surface area (Å²) in [6.07, 6.45) is 2.26. The van der Waals surface area contributed by atoms with Gasteiger partial charge in [-0.05, 0) is 12.1 Å². The van der Waals surface area contributed by atoms with Gasteiger partial charge < -0.3 is 14.9 Å². The molecule has 4 heteroatoms. The van der Waals surface area contributed by atoms with Crippen LogP contribution < -0.4 is 4.74 Å². The van der Waals surface area contributed by atoms with Gasteiger partial charge in [0.05, 0.1) is 7.11 Å². The highest BCUT2D eigenvalue weighted by molar-refractivity contribution is 5.86. The first kappa shape index (κ1) is 10.1. The number of aliphatic carboxylic acids is 1. The van der Waals surface area contributed by atoms with E-state index in [1.807, 2.05) is 0 Å². The highest BCUT2D eigenvalue weighted by atomic mass is 16.5. The van der Waals surface area contributed by atoms with Gasteiger partial charge >= 0.3 is 5.97 Å². The van der Waals surface area contributed by atoms with Gasteiger partial charge in [-0.2, -0.15) is 0 Å². The second-order valence-corrected chi connectivity index (χ2v) is 2.57. The molecule has 0 bridgehead atoms. The van der Waals surface area contributed by atoms with Crippen molar-refractivity contribution in [2.24, 2.45) is 0 Å². The van der Waals surface area contributed by atoms with Crippen molar-refractivity contribution >= 4 is 12.0 Å². The molecule has 0 amide bonds. The molecule has 0 aliphatic heterocycles. The zero-order valence-corrected chi connectivity index (χ0v) is 7.60. The molecular weight excluding hydrogens is 184 g/mol. The highest BCUT2D eigenvalue weighted by Gasteiger charge is 2.04. The molecule has 0 aliphatic rings. The Kier molecular flexibility index (Phi) is 3.12. The number of carboxylic acids is 1. The van der Waals surface area contributed by atoms with Crippen molar-refractivity contribution in [1.82, 2.24) is 0 Å². The number of para-hydroxylation sites is 1. The first-order valence-corrected chi connectivity index (χ1v) is 3.92. The number of hydrogen-bond donors (Lipinski definition) is 2. The summed E-state index contributed by atoms with van der Waals surface area (Å²) in [6.45, 7) is 0. The molecule has 74 valence electrons. The molecule has 1 rings (SSSR count). The lowest BCUT2D eigenvalue weighted by atomic mass is 10.1. The number of carbonyl (C=O) groups is 1. The van der Waals surface area contributed by atoms with E-state index in [0.29, 0.717) is 11.3 Å². The van der Waals surface area contributed by atoms with Gasteiger partial charge in [-0.25, -0.2) is 4.79 Å². The van der Waals surface area contributed by atoms with E-state index in [4.69, 9.17) is 9.84 Å². The van der Waals surface area contributed by atoms with Crippen LogP contribution in [-0.4, -0.2) is 23.3 Å². The molecule has 0 saturated carbocycles. The smallest absolute Gasteiger partial charge is 0.328 e. The fourth-order valence-corrected chi connectivity index (χ4v) is 1.000. The summed E-state index contributed by atoms with van der Waals surface area (Å²) in [6, 6.07) is 4.85. The van der Waals surface area contributed by atoms with Gasteiger partial charge in [0.1, 0.15) is 0 Å². The van der Waals surface area contributed by atoms with Crippen LogP contribution in [0, 0.1) is 0 Å². The quantitative estimate of drug-likeness (QED) is 0.715. The number of methoxy groups -OCH3 is 1. The van der Waals surface area contributed by atoms with Crippen molar-refractivity contribution in [2.45, 2.75) is 0 Å². The summed E-state index contributed by atoms with van der Waals surface area (Å²) < 4.78 is 4.86. The maximum atomic E-state index is 10.2. The fourth-order valence-electron chi connectivity index (χ4n) is 1.000. The standard InChI is InChI=1S/C10H10O4/c1-14-8-4-2-3-7(10(8)13)5-6-9(11)12/h2-6,13H,1H3,(H,11,12)/b6-5-.